The molecule has 11 heteroatoms. The molecule has 7 atom stereocenters. The number of aromatic nitrogens is 1. The molecule has 2 aromatic carbocycles. The number of methoxy groups -OCH3 is 4. The van der Waals surface area contributed by atoms with E-state index in [0.717, 1.165) is 37.2 Å². The van der Waals surface area contributed by atoms with Gasteiger partial charge >= 0.3 is 11.9 Å². The number of rotatable bonds is 8. The van der Waals surface area contributed by atoms with Gasteiger partial charge in [0.15, 0.2) is 0 Å². The molecule has 1 aromatic heterocycles. The zero-order chi connectivity index (χ0) is 31.8. The van der Waals surface area contributed by atoms with Gasteiger partial charge in [-0.2, -0.15) is 0 Å². The van der Waals surface area contributed by atoms with Gasteiger partial charge < -0.3 is 28.7 Å². The third-order valence-electron chi connectivity index (χ3n) is 9.78. The summed E-state index contributed by atoms with van der Waals surface area (Å²) < 4.78 is 40.1. The van der Waals surface area contributed by atoms with E-state index in [9.17, 15) is 13.8 Å². The van der Waals surface area contributed by atoms with Crippen molar-refractivity contribution >= 4 is 39.7 Å². The molecule has 0 radical (unpaired) electrons. The Morgan fingerprint density at radius 1 is 1.04 bits per heavy atom. The number of carbonyl (C=O) groups excluding carboxylic acids is 2. The molecule has 1 unspecified atom stereocenters. The molecule has 2 fully saturated rings. The molecule has 0 bridgehead atoms. The number of hydrogen-bond acceptors (Lipinski definition) is 9. The average molecular weight is 637 g/mol. The smallest absolute Gasteiger partial charge is 0.331 e. The number of piperidine rings is 1. The highest BCUT2D eigenvalue weighted by molar-refractivity contribution is 7.84. The van der Waals surface area contributed by atoms with E-state index in [0.29, 0.717) is 22.6 Å². The quantitative estimate of drug-likeness (QED) is 0.286. The zero-order valence-electron chi connectivity index (χ0n) is 26.2. The van der Waals surface area contributed by atoms with E-state index in [-0.39, 0.29) is 23.8 Å². The number of esters is 2. The lowest BCUT2D eigenvalue weighted by molar-refractivity contribution is -0.187. The molecule has 3 aromatic rings. The zero-order valence-corrected chi connectivity index (χ0v) is 27.1. The van der Waals surface area contributed by atoms with E-state index >= 15 is 0 Å². The summed E-state index contributed by atoms with van der Waals surface area (Å²) in [5, 5.41) is 1.21. The number of aromatic amines is 1. The molecule has 1 saturated heterocycles. The molecule has 3 heterocycles. The number of fused-ring (bicyclic) bond motifs is 6. The van der Waals surface area contributed by atoms with Crippen LogP contribution in [0.25, 0.3) is 17.0 Å². The van der Waals surface area contributed by atoms with Gasteiger partial charge in [0, 0.05) is 55.2 Å². The summed E-state index contributed by atoms with van der Waals surface area (Å²) in [6.45, 7) is 1.69. The fourth-order valence-corrected chi connectivity index (χ4v) is 8.47. The number of ether oxygens (including phenoxy) is 5. The van der Waals surface area contributed by atoms with Crippen LogP contribution >= 0.6 is 0 Å². The molecule has 6 rings (SSSR count). The van der Waals surface area contributed by atoms with E-state index in [2.05, 4.69) is 16.0 Å². The first-order valence-electron chi connectivity index (χ1n) is 15.2. The number of benzene rings is 2. The van der Waals surface area contributed by atoms with Crippen LogP contribution in [0.1, 0.15) is 35.7 Å². The molecule has 0 amide bonds. The van der Waals surface area contributed by atoms with Crippen molar-refractivity contribution < 1.29 is 37.5 Å². The Labute approximate surface area is 265 Å². The predicted octanol–water partition coefficient (Wildman–Crippen LogP) is 4.29. The van der Waals surface area contributed by atoms with Gasteiger partial charge in [-0.3, -0.25) is 13.9 Å². The van der Waals surface area contributed by atoms with Crippen LogP contribution in [0.2, 0.25) is 0 Å². The molecule has 3 aliphatic rings. The van der Waals surface area contributed by atoms with Crippen LogP contribution in [0.3, 0.4) is 0 Å². The molecular weight excluding hydrogens is 596 g/mol. The SMILES string of the molecule is COC(=O)[C@H]1[C@H]2C[C@@H]3c4[nH]c5cc(OC)ccc5c4CCN3C[C@H]2C[C@@H](OC(=O)/C=C/c2ccc(OC)c(S(C)=O)c2)[C@@H]1OC. The summed E-state index contributed by atoms with van der Waals surface area (Å²) in [4.78, 5) is 33.2. The van der Waals surface area contributed by atoms with Crippen LogP contribution in [0, 0.1) is 17.8 Å². The third kappa shape index (κ3) is 5.89. The largest absolute Gasteiger partial charge is 0.497 e. The van der Waals surface area contributed by atoms with Gasteiger partial charge in [-0.1, -0.05) is 6.07 Å². The lowest BCUT2D eigenvalue weighted by Gasteiger charge is -2.52. The number of H-pyrrole nitrogens is 1. The molecule has 2 aliphatic heterocycles. The van der Waals surface area contributed by atoms with Gasteiger partial charge in [-0.15, -0.1) is 0 Å². The minimum absolute atomic E-state index is 0.00585. The monoisotopic (exact) mass is 636 g/mol. The van der Waals surface area contributed by atoms with Gasteiger partial charge in [0.25, 0.3) is 0 Å². The van der Waals surface area contributed by atoms with Crippen molar-refractivity contribution in [3.05, 3.63) is 59.3 Å². The first-order valence-corrected chi connectivity index (χ1v) is 16.7. The number of carbonyl (C=O) groups is 2. The molecule has 45 heavy (non-hydrogen) atoms. The molecule has 1 aliphatic carbocycles. The summed E-state index contributed by atoms with van der Waals surface area (Å²) in [5.41, 5.74) is 4.28. The molecule has 240 valence electrons. The van der Waals surface area contributed by atoms with Crippen LogP contribution < -0.4 is 9.47 Å². The Morgan fingerprint density at radius 2 is 1.87 bits per heavy atom. The normalized spacial score (nSPS) is 26.9. The lowest BCUT2D eigenvalue weighted by atomic mass is 9.63. The fraction of sp³-hybridized carbons (Fsp3) is 0.471. The van der Waals surface area contributed by atoms with Crippen molar-refractivity contribution in [2.75, 3.05) is 47.8 Å². The Hall–Kier alpha value is -3.67. The fourth-order valence-electron chi connectivity index (χ4n) is 7.73. The molecule has 1 saturated carbocycles. The first kappa shape index (κ1) is 31.3. The molecule has 1 N–H and O–H groups in total. The molecule has 10 nitrogen and oxygen atoms in total. The maximum absolute atomic E-state index is 13.4. The van der Waals surface area contributed by atoms with Gasteiger partial charge in [-0.05, 0) is 72.6 Å². The van der Waals surface area contributed by atoms with Crippen molar-refractivity contribution in [3.63, 3.8) is 0 Å². The summed E-state index contributed by atoms with van der Waals surface area (Å²) in [6, 6.07) is 11.5. The lowest BCUT2D eigenvalue weighted by Crippen LogP contribution is -2.58. The number of hydrogen-bond donors (Lipinski definition) is 1. The second-order valence-corrected chi connectivity index (χ2v) is 13.4. The highest BCUT2D eigenvalue weighted by Crippen LogP contribution is 2.50. The maximum Gasteiger partial charge on any atom is 0.331 e. The summed E-state index contributed by atoms with van der Waals surface area (Å²) in [6.07, 6.45) is 5.56. The van der Waals surface area contributed by atoms with Crippen molar-refractivity contribution in [3.8, 4) is 11.5 Å². The van der Waals surface area contributed by atoms with Gasteiger partial charge in [-0.25, -0.2) is 4.79 Å². The highest BCUT2D eigenvalue weighted by atomic mass is 32.2. The molecule has 0 spiro atoms. The van der Waals surface area contributed by atoms with Crippen LogP contribution in [0.15, 0.2) is 47.4 Å². The summed E-state index contributed by atoms with van der Waals surface area (Å²) >= 11 is 0. The highest BCUT2D eigenvalue weighted by Gasteiger charge is 2.54. The van der Waals surface area contributed by atoms with Crippen LogP contribution in [-0.4, -0.2) is 86.0 Å². The Morgan fingerprint density at radius 3 is 2.58 bits per heavy atom. The van der Waals surface area contributed by atoms with Crippen molar-refractivity contribution in [1.29, 1.82) is 0 Å². The van der Waals surface area contributed by atoms with E-state index < -0.39 is 34.9 Å². The van der Waals surface area contributed by atoms with Gasteiger partial charge in [0.05, 0.1) is 49.0 Å². The van der Waals surface area contributed by atoms with Crippen LogP contribution in [-0.2, 0) is 41.0 Å². The Bertz CT molecular complexity index is 1650. The van der Waals surface area contributed by atoms with E-state index in [1.54, 1.807) is 44.8 Å². The van der Waals surface area contributed by atoms with Crippen molar-refractivity contribution in [1.82, 2.24) is 9.88 Å². The van der Waals surface area contributed by atoms with E-state index in [1.165, 1.54) is 36.9 Å². The topological polar surface area (TPSA) is 116 Å². The number of nitrogens with zero attached hydrogens (tertiary/aromatic N) is 1. The Kier molecular flexibility index (Phi) is 9.03. The number of nitrogens with one attached hydrogen (secondary N) is 1. The second-order valence-electron chi connectivity index (χ2n) is 12.0. The third-order valence-corrected chi connectivity index (χ3v) is 10.7. The van der Waals surface area contributed by atoms with Crippen molar-refractivity contribution in [2.24, 2.45) is 17.8 Å². The maximum atomic E-state index is 13.4. The second kappa shape index (κ2) is 13.0. The predicted molar refractivity (Wildman–Crippen MR) is 170 cm³/mol. The van der Waals surface area contributed by atoms with Crippen LogP contribution in [0.5, 0.6) is 11.5 Å². The average Bonchev–Trinajstić information content (AvgIpc) is 3.43. The Balaban J connectivity index is 1.23. The first-order chi connectivity index (χ1) is 21.8. The van der Waals surface area contributed by atoms with Crippen molar-refractivity contribution in [2.45, 2.75) is 42.4 Å². The van der Waals surface area contributed by atoms with Gasteiger partial charge in [0.2, 0.25) is 0 Å². The van der Waals surface area contributed by atoms with E-state index in [1.807, 2.05) is 12.1 Å². The van der Waals surface area contributed by atoms with Crippen LogP contribution in [0.4, 0.5) is 0 Å². The van der Waals surface area contributed by atoms with E-state index in [4.69, 9.17) is 23.7 Å². The minimum atomic E-state index is -1.26. The summed E-state index contributed by atoms with van der Waals surface area (Å²) in [5.74, 6) is -0.0258. The molecular formula is C34H40N2O8S. The minimum Gasteiger partial charge on any atom is -0.497 e. The summed E-state index contributed by atoms with van der Waals surface area (Å²) in [7, 11) is 4.89. The van der Waals surface area contributed by atoms with Gasteiger partial charge in [0.1, 0.15) is 23.7 Å². The standard InChI is InChI=1S/C34H40N2O8S/c1-40-21-8-9-22-23-12-13-36-18-20-15-28(44-30(37)11-7-19-6-10-27(41-2)29(14-19)45(5)39)33(42-3)31(34(38)43-4)24(20)17-26(36)32(23)35-25(22)16-21/h6-11,14,16,20,24,26,28,31,33,35H,12-13,15,17-18H2,1-5H3/b11-7+/t20-,24+,26-,28-,31+,33+,45?/m1/s1.